The van der Waals surface area contributed by atoms with Gasteiger partial charge in [-0.3, -0.25) is 4.79 Å². The summed E-state index contributed by atoms with van der Waals surface area (Å²) in [4.78, 5) is 22.0. The zero-order valence-electron chi connectivity index (χ0n) is 10.1. The van der Waals surface area contributed by atoms with Crippen molar-refractivity contribution in [2.75, 3.05) is 18.5 Å². The van der Waals surface area contributed by atoms with Gasteiger partial charge >= 0.3 is 5.97 Å². The van der Waals surface area contributed by atoms with E-state index in [1.807, 2.05) is 0 Å². The Bertz CT molecular complexity index is 525. The normalized spacial score (nSPS) is 15.5. The summed E-state index contributed by atoms with van der Waals surface area (Å²) >= 11 is 0. The molecule has 0 radical (unpaired) electrons. The number of ether oxygens (including phenoxy) is 2. The third-order valence-corrected chi connectivity index (χ3v) is 2.54. The SMILES string of the molecule is CC(=O)Nc1c(F)cc(C(=O)O)cc1C1OCCO1. The maximum absolute atomic E-state index is 13.9. The summed E-state index contributed by atoms with van der Waals surface area (Å²) < 4.78 is 24.3. The maximum Gasteiger partial charge on any atom is 0.335 e. The Morgan fingerprint density at radius 1 is 1.37 bits per heavy atom. The van der Waals surface area contributed by atoms with E-state index in [1.165, 1.54) is 13.0 Å². The molecular weight excluding hydrogens is 257 g/mol. The first-order valence-corrected chi connectivity index (χ1v) is 5.56. The van der Waals surface area contributed by atoms with E-state index in [9.17, 15) is 14.0 Å². The van der Waals surface area contributed by atoms with Crippen molar-refractivity contribution in [1.82, 2.24) is 0 Å². The molecule has 2 N–H and O–H groups in total. The van der Waals surface area contributed by atoms with Crippen molar-refractivity contribution in [3.8, 4) is 0 Å². The Morgan fingerprint density at radius 2 is 2.00 bits per heavy atom. The molecule has 0 atom stereocenters. The fraction of sp³-hybridized carbons (Fsp3) is 0.333. The molecule has 0 aliphatic carbocycles. The van der Waals surface area contributed by atoms with E-state index in [1.54, 1.807) is 0 Å². The number of anilines is 1. The fourth-order valence-corrected chi connectivity index (χ4v) is 1.78. The smallest absolute Gasteiger partial charge is 0.335 e. The molecule has 1 aromatic rings. The number of amides is 1. The fourth-order valence-electron chi connectivity index (χ4n) is 1.78. The number of carbonyl (C=O) groups excluding carboxylic acids is 1. The number of carboxylic acid groups (broad SMARTS) is 1. The molecule has 1 fully saturated rings. The average Bonchev–Trinajstić information content (AvgIpc) is 2.84. The Hall–Kier alpha value is -1.99. The lowest BCUT2D eigenvalue weighted by atomic mass is 10.1. The first-order chi connectivity index (χ1) is 8.99. The molecule has 0 unspecified atom stereocenters. The highest BCUT2D eigenvalue weighted by Gasteiger charge is 2.26. The zero-order chi connectivity index (χ0) is 14.0. The second kappa shape index (κ2) is 5.33. The highest BCUT2D eigenvalue weighted by atomic mass is 19.1. The van der Waals surface area contributed by atoms with Crippen molar-refractivity contribution in [2.24, 2.45) is 0 Å². The highest BCUT2D eigenvalue weighted by Crippen LogP contribution is 2.32. The first kappa shape index (κ1) is 13.4. The van der Waals surface area contributed by atoms with Gasteiger partial charge in [-0.05, 0) is 12.1 Å². The van der Waals surface area contributed by atoms with Crippen molar-refractivity contribution in [1.29, 1.82) is 0 Å². The van der Waals surface area contributed by atoms with Crippen molar-refractivity contribution >= 4 is 17.6 Å². The van der Waals surface area contributed by atoms with Crippen LogP contribution < -0.4 is 5.32 Å². The van der Waals surface area contributed by atoms with Crippen LogP contribution in [0.4, 0.5) is 10.1 Å². The number of carboxylic acids is 1. The van der Waals surface area contributed by atoms with Crippen LogP contribution in [0.2, 0.25) is 0 Å². The molecule has 6 nitrogen and oxygen atoms in total. The lowest BCUT2D eigenvalue weighted by molar-refractivity contribution is -0.114. The molecular formula is C12H12FNO5. The van der Waals surface area contributed by atoms with Crippen LogP contribution in [0.3, 0.4) is 0 Å². The van der Waals surface area contributed by atoms with Gasteiger partial charge < -0.3 is 19.9 Å². The van der Waals surface area contributed by atoms with Crippen LogP contribution in [0.1, 0.15) is 29.1 Å². The van der Waals surface area contributed by atoms with Gasteiger partial charge in [-0.2, -0.15) is 0 Å². The van der Waals surface area contributed by atoms with Gasteiger partial charge in [-0.1, -0.05) is 0 Å². The van der Waals surface area contributed by atoms with Gasteiger partial charge in [0.1, 0.15) is 5.82 Å². The lowest BCUT2D eigenvalue weighted by Crippen LogP contribution is -2.14. The van der Waals surface area contributed by atoms with Crippen LogP contribution in [0, 0.1) is 5.82 Å². The quantitative estimate of drug-likeness (QED) is 0.869. The predicted octanol–water partition coefficient (Wildman–Crippen LogP) is 1.53. The first-order valence-electron chi connectivity index (χ1n) is 5.56. The number of nitrogens with one attached hydrogen (secondary N) is 1. The van der Waals surface area contributed by atoms with Crippen LogP contribution in [0.25, 0.3) is 0 Å². The van der Waals surface area contributed by atoms with Gasteiger partial charge in [0.2, 0.25) is 5.91 Å². The van der Waals surface area contributed by atoms with E-state index in [-0.39, 0.29) is 16.8 Å². The third kappa shape index (κ3) is 2.88. The van der Waals surface area contributed by atoms with Gasteiger partial charge in [0, 0.05) is 12.5 Å². The zero-order valence-corrected chi connectivity index (χ0v) is 10.1. The van der Waals surface area contributed by atoms with Crippen LogP contribution in [-0.4, -0.2) is 30.2 Å². The monoisotopic (exact) mass is 269 g/mol. The number of benzene rings is 1. The van der Waals surface area contributed by atoms with Crippen molar-refractivity contribution in [2.45, 2.75) is 13.2 Å². The minimum Gasteiger partial charge on any atom is -0.478 e. The standard InChI is InChI=1S/C12H12FNO5/c1-6(15)14-10-8(12-18-2-3-19-12)4-7(11(16)17)5-9(10)13/h4-5,12H,2-3H2,1H3,(H,14,15)(H,16,17). The summed E-state index contributed by atoms with van der Waals surface area (Å²) in [5, 5.41) is 11.2. The Kier molecular flexibility index (Phi) is 3.77. The van der Waals surface area contributed by atoms with Gasteiger partial charge in [-0.25, -0.2) is 9.18 Å². The highest BCUT2D eigenvalue weighted by molar-refractivity contribution is 5.92. The summed E-state index contributed by atoms with van der Waals surface area (Å²) in [6.07, 6.45) is -0.879. The molecule has 1 saturated heterocycles. The second-order valence-electron chi connectivity index (χ2n) is 3.98. The van der Waals surface area contributed by atoms with Crippen molar-refractivity contribution < 1.29 is 28.6 Å². The molecule has 19 heavy (non-hydrogen) atoms. The summed E-state index contributed by atoms with van der Waals surface area (Å²) in [5.74, 6) is -2.59. The number of hydrogen-bond acceptors (Lipinski definition) is 4. The van der Waals surface area contributed by atoms with Crippen molar-refractivity contribution in [3.05, 3.63) is 29.1 Å². The van der Waals surface area contributed by atoms with Gasteiger partial charge in [0.25, 0.3) is 0 Å². The van der Waals surface area contributed by atoms with Crippen LogP contribution in [-0.2, 0) is 14.3 Å². The maximum atomic E-state index is 13.9. The molecule has 2 rings (SSSR count). The van der Waals surface area contributed by atoms with Gasteiger partial charge in [-0.15, -0.1) is 0 Å². The molecule has 1 aliphatic rings. The van der Waals surface area contributed by atoms with E-state index < -0.39 is 24.0 Å². The summed E-state index contributed by atoms with van der Waals surface area (Å²) in [7, 11) is 0. The van der Waals surface area contributed by atoms with Gasteiger partial charge in [0.05, 0.1) is 24.5 Å². The molecule has 0 spiro atoms. The predicted molar refractivity (Wildman–Crippen MR) is 62.3 cm³/mol. The minimum absolute atomic E-state index is 0.121. The van der Waals surface area contributed by atoms with E-state index in [0.717, 1.165) is 6.07 Å². The van der Waals surface area contributed by atoms with Crippen LogP contribution in [0.5, 0.6) is 0 Å². The molecule has 102 valence electrons. The molecule has 7 heteroatoms. The van der Waals surface area contributed by atoms with Crippen LogP contribution in [0.15, 0.2) is 12.1 Å². The number of aromatic carboxylic acids is 1. The Balaban J connectivity index is 2.50. The van der Waals surface area contributed by atoms with E-state index in [2.05, 4.69) is 5.32 Å². The minimum atomic E-state index is -1.27. The van der Waals surface area contributed by atoms with Gasteiger partial charge in [0.15, 0.2) is 6.29 Å². The largest absolute Gasteiger partial charge is 0.478 e. The molecule has 1 heterocycles. The summed E-state index contributed by atoms with van der Waals surface area (Å²) in [6.45, 7) is 1.87. The van der Waals surface area contributed by atoms with E-state index in [0.29, 0.717) is 13.2 Å². The Morgan fingerprint density at radius 3 is 2.53 bits per heavy atom. The van der Waals surface area contributed by atoms with E-state index >= 15 is 0 Å². The number of halogens is 1. The number of rotatable bonds is 3. The van der Waals surface area contributed by atoms with Crippen LogP contribution >= 0.6 is 0 Å². The summed E-state index contributed by atoms with van der Waals surface area (Å²) in [5.41, 5.74) is -0.199. The van der Waals surface area contributed by atoms with E-state index in [4.69, 9.17) is 14.6 Å². The topological polar surface area (TPSA) is 84.9 Å². The molecule has 0 saturated carbocycles. The molecule has 1 aromatic carbocycles. The average molecular weight is 269 g/mol. The second-order valence-corrected chi connectivity index (χ2v) is 3.98. The molecule has 0 aromatic heterocycles. The Labute approximate surface area is 108 Å². The third-order valence-electron chi connectivity index (χ3n) is 2.54. The molecule has 1 amide bonds. The number of hydrogen-bond donors (Lipinski definition) is 2. The number of carbonyl (C=O) groups is 2. The molecule has 1 aliphatic heterocycles. The summed E-state index contributed by atoms with van der Waals surface area (Å²) in [6, 6.07) is 2.07. The molecule has 0 bridgehead atoms. The lowest BCUT2D eigenvalue weighted by Gasteiger charge is -2.16. The van der Waals surface area contributed by atoms with Crippen molar-refractivity contribution in [3.63, 3.8) is 0 Å².